The zero-order valence-corrected chi connectivity index (χ0v) is 13.2. The van der Waals surface area contributed by atoms with Crippen LogP contribution >= 0.6 is 23.2 Å². The normalized spacial score (nSPS) is 23.4. The van der Waals surface area contributed by atoms with Gasteiger partial charge in [0.05, 0.1) is 16.0 Å². The minimum atomic E-state index is -4.08. The van der Waals surface area contributed by atoms with Gasteiger partial charge in [0.1, 0.15) is 10.7 Å². The quantitative estimate of drug-likeness (QED) is 0.903. The van der Waals surface area contributed by atoms with Crippen LogP contribution in [0.5, 0.6) is 0 Å². The molecular weight excluding hydrogens is 344 g/mol. The predicted octanol–water partition coefficient (Wildman–Crippen LogP) is 2.47. The molecule has 1 aliphatic heterocycles. The van der Waals surface area contributed by atoms with Crippen LogP contribution in [-0.2, 0) is 14.8 Å². The zero-order chi connectivity index (χ0) is 15.9. The predicted molar refractivity (Wildman–Crippen MR) is 75.5 cm³/mol. The molecule has 0 bridgehead atoms. The topological polar surface area (TPSA) is 74.7 Å². The van der Waals surface area contributed by atoms with Gasteiger partial charge in [-0.15, -0.1) is 0 Å². The van der Waals surface area contributed by atoms with Crippen LogP contribution < -0.4 is 0 Å². The van der Waals surface area contributed by atoms with E-state index in [1.165, 1.54) is 0 Å². The minimum absolute atomic E-state index is 0.0450. The molecule has 2 atom stereocenters. The largest absolute Gasteiger partial charge is 0.481 e. The molecule has 1 aromatic rings. The van der Waals surface area contributed by atoms with E-state index in [1.54, 1.807) is 6.92 Å². The molecule has 5 nitrogen and oxygen atoms in total. The van der Waals surface area contributed by atoms with Crippen molar-refractivity contribution < 1.29 is 22.7 Å². The summed E-state index contributed by atoms with van der Waals surface area (Å²) in [6.45, 7) is 1.54. The summed E-state index contributed by atoms with van der Waals surface area (Å²) in [5, 5.41) is 8.41. The van der Waals surface area contributed by atoms with Crippen LogP contribution in [0.15, 0.2) is 17.0 Å². The first-order valence-corrected chi connectivity index (χ1v) is 8.21. The van der Waals surface area contributed by atoms with Crippen molar-refractivity contribution in [2.24, 2.45) is 11.8 Å². The van der Waals surface area contributed by atoms with Crippen molar-refractivity contribution in [2.75, 3.05) is 13.1 Å². The lowest BCUT2D eigenvalue weighted by Gasteiger charge is -2.18. The SMILES string of the molecule is C[C@@H]1CN(S(=O)(=O)c2c(Cl)cc(F)cc2Cl)C[C@H]1C(=O)O. The molecule has 2 rings (SSSR count). The lowest BCUT2D eigenvalue weighted by Crippen LogP contribution is -2.30. The summed E-state index contributed by atoms with van der Waals surface area (Å²) in [5.74, 6) is -2.94. The van der Waals surface area contributed by atoms with Gasteiger partial charge in [0.15, 0.2) is 0 Å². The van der Waals surface area contributed by atoms with Gasteiger partial charge in [-0.25, -0.2) is 12.8 Å². The van der Waals surface area contributed by atoms with Gasteiger partial charge >= 0.3 is 5.97 Å². The van der Waals surface area contributed by atoms with Crippen molar-refractivity contribution in [2.45, 2.75) is 11.8 Å². The summed E-state index contributed by atoms with van der Waals surface area (Å²) in [4.78, 5) is 10.7. The highest BCUT2D eigenvalue weighted by atomic mass is 35.5. The van der Waals surface area contributed by atoms with Gasteiger partial charge < -0.3 is 5.11 Å². The van der Waals surface area contributed by atoms with Gasteiger partial charge in [-0.1, -0.05) is 30.1 Å². The van der Waals surface area contributed by atoms with Gasteiger partial charge in [0.25, 0.3) is 0 Å². The highest BCUT2D eigenvalue weighted by Gasteiger charge is 2.42. The summed E-state index contributed by atoms with van der Waals surface area (Å²) in [5.41, 5.74) is 0. The van der Waals surface area contributed by atoms with E-state index in [0.29, 0.717) is 0 Å². The number of halogens is 3. The third-order valence-corrected chi connectivity index (χ3v) is 6.21. The molecule has 21 heavy (non-hydrogen) atoms. The first-order valence-electron chi connectivity index (χ1n) is 6.02. The maximum absolute atomic E-state index is 13.1. The van der Waals surface area contributed by atoms with Crippen molar-refractivity contribution in [1.82, 2.24) is 4.31 Å². The van der Waals surface area contributed by atoms with E-state index >= 15 is 0 Å². The van der Waals surface area contributed by atoms with Crippen LogP contribution in [0.4, 0.5) is 4.39 Å². The Kier molecular flexibility index (Phi) is 4.49. The Morgan fingerprint density at radius 2 is 1.86 bits per heavy atom. The molecule has 0 amide bonds. The minimum Gasteiger partial charge on any atom is -0.481 e. The summed E-state index contributed by atoms with van der Waals surface area (Å²) < 4.78 is 39.2. The zero-order valence-electron chi connectivity index (χ0n) is 10.9. The van der Waals surface area contributed by atoms with E-state index < -0.39 is 32.6 Å². The van der Waals surface area contributed by atoms with Crippen molar-refractivity contribution in [3.63, 3.8) is 0 Å². The number of carboxylic acids is 1. The van der Waals surface area contributed by atoms with E-state index in [1.807, 2.05) is 0 Å². The molecule has 1 aromatic carbocycles. The van der Waals surface area contributed by atoms with Gasteiger partial charge in [-0.05, 0) is 18.1 Å². The van der Waals surface area contributed by atoms with Gasteiger partial charge in [0, 0.05) is 13.1 Å². The van der Waals surface area contributed by atoms with E-state index in [4.69, 9.17) is 28.3 Å². The fourth-order valence-corrected chi connectivity index (χ4v) is 5.05. The molecule has 1 N–H and O–H groups in total. The van der Waals surface area contributed by atoms with Gasteiger partial charge in [-0.3, -0.25) is 4.79 Å². The summed E-state index contributed by atoms with van der Waals surface area (Å²) in [7, 11) is -4.08. The van der Waals surface area contributed by atoms with Gasteiger partial charge in [-0.2, -0.15) is 4.31 Å². The van der Waals surface area contributed by atoms with E-state index in [0.717, 1.165) is 16.4 Å². The van der Waals surface area contributed by atoms with Crippen molar-refractivity contribution in [1.29, 1.82) is 0 Å². The Hall–Kier alpha value is -0.890. The molecule has 0 saturated carbocycles. The second-order valence-electron chi connectivity index (χ2n) is 4.94. The number of hydrogen-bond donors (Lipinski definition) is 1. The lowest BCUT2D eigenvalue weighted by atomic mass is 9.99. The monoisotopic (exact) mass is 355 g/mol. The Bertz CT molecular complexity index is 671. The Morgan fingerprint density at radius 3 is 2.29 bits per heavy atom. The van der Waals surface area contributed by atoms with Crippen LogP contribution in [0.2, 0.25) is 10.0 Å². The van der Waals surface area contributed by atoms with Crippen LogP contribution in [-0.4, -0.2) is 36.9 Å². The Balaban J connectivity index is 2.43. The van der Waals surface area contributed by atoms with Crippen LogP contribution in [0.25, 0.3) is 0 Å². The third kappa shape index (κ3) is 3.01. The number of aliphatic carboxylic acids is 1. The fourth-order valence-electron chi connectivity index (χ4n) is 2.34. The molecule has 0 spiro atoms. The third-order valence-electron chi connectivity index (χ3n) is 3.46. The molecule has 116 valence electrons. The highest BCUT2D eigenvalue weighted by Crippen LogP contribution is 2.36. The molecule has 1 fully saturated rings. The van der Waals surface area contributed by atoms with Crippen molar-refractivity contribution in [3.8, 4) is 0 Å². The average Bonchev–Trinajstić information content (AvgIpc) is 2.70. The summed E-state index contributed by atoms with van der Waals surface area (Å²) >= 11 is 11.6. The van der Waals surface area contributed by atoms with Crippen LogP contribution in [0, 0.1) is 17.7 Å². The number of hydrogen-bond acceptors (Lipinski definition) is 3. The van der Waals surface area contributed by atoms with E-state index in [2.05, 4.69) is 0 Å². The number of sulfonamides is 1. The van der Waals surface area contributed by atoms with Crippen molar-refractivity contribution >= 4 is 39.2 Å². The average molecular weight is 356 g/mol. The standard InChI is InChI=1S/C12H12Cl2FNO4S/c1-6-4-16(5-8(6)12(17)18)21(19,20)11-9(13)2-7(15)3-10(11)14/h2-3,6,8H,4-5H2,1H3,(H,17,18)/t6-,8-/m1/s1. The number of carboxylic acid groups (broad SMARTS) is 1. The molecule has 0 radical (unpaired) electrons. The van der Waals surface area contributed by atoms with Gasteiger partial charge in [0.2, 0.25) is 10.0 Å². The Morgan fingerprint density at radius 1 is 1.33 bits per heavy atom. The first-order chi connectivity index (χ1) is 9.64. The van der Waals surface area contributed by atoms with Crippen LogP contribution in [0.1, 0.15) is 6.92 Å². The molecule has 1 aliphatic rings. The van der Waals surface area contributed by atoms with E-state index in [9.17, 15) is 17.6 Å². The number of benzene rings is 1. The first kappa shape index (κ1) is 16.5. The molecule has 1 heterocycles. The Labute approximate surface area is 131 Å². The van der Waals surface area contributed by atoms with E-state index in [-0.39, 0.29) is 29.1 Å². The molecule has 1 saturated heterocycles. The molecule has 0 aromatic heterocycles. The lowest BCUT2D eigenvalue weighted by molar-refractivity contribution is -0.142. The number of rotatable bonds is 3. The maximum Gasteiger partial charge on any atom is 0.308 e. The highest BCUT2D eigenvalue weighted by molar-refractivity contribution is 7.89. The molecule has 0 aliphatic carbocycles. The summed E-state index contributed by atoms with van der Waals surface area (Å²) in [6, 6.07) is 1.71. The molecule has 9 heteroatoms. The number of nitrogens with zero attached hydrogens (tertiary/aromatic N) is 1. The van der Waals surface area contributed by atoms with Crippen LogP contribution in [0.3, 0.4) is 0 Å². The second kappa shape index (κ2) is 5.72. The second-order valence-corrected chi connectivity index (χ2v) is 7.63. The summed E-state index contributed by atoms with van der Waals surface area (Å²) in [6.07, 6.45) is 0. The van der Waals surface area contributed by atoms with Crippen molar-refractivity contribution in [3.05, 3.63) is 28.0 Å². The smallest absolute Gasteiger partial charge is 0.308 e. The molecule has 0 unspecified atom stereocenters. The fraction of sp³-hybridized carbons (Fsp3) is 0.417. The molecular formula is C12H12Cl2FNO4S. The number of carbonyl (C=O) groups is 1. The maximum atomic E-state index is 13.1.